The van der Waals surface area contributed by atoms with Crippen molar-refractivity contribution in [3.05, 3.63) is 59.2 Å². The van der Waals surface area contributed by atoms with E-state index in [-0.39, 0.29) is 0 Å². The average molecular weight is 269 g/mol. The van der Waals surface area contributed by atoms with Crippen LogP contribution in [0.15, 0.2) is 42.5 Å². The molecule has 0 aliphatic rings. The highest BCUT2D eigenvalue weighted by Crippen LogP contribution is 2.19. The minimum absolute atomic E-state index is 0.773. The van der Waals surface area contributed by atoms with Gasteiger partial charge in [-0.25, -0.2) is 0 Å². The summed E-state index contributed by atoms with van der Waals surface area (Å²) < 4.78 is 5.58. The fourth-order valence-corrected chi connectivity index (χ4v) is 2.21. The topological polar surface area (TPSA) is 21.3 Å². The highest BCUT2D eigenvalue weighted by Gasteiger charge is 2.02. The lowest BCUT2D eigenvalue weighted by Crippen LogP contribution is -2.03. The summed E-state index contributed by atoms with van der Waals surface area (Å²) in [6.45, 7) is 8.06. The highest BCUT2D eigenvalue weighted by atomic mass is 16.5. The first kappa shape index (κ1) is 14.4. The Morgan fingerprint density at radius 1 is 0.950 bits per heavy atom. The van der Waals surface area contributed by atoms with Crippen LogP contribution in [0, 0.1) is 13.8 Å². The van der Waals surface area contributed by atoms with Gasteiger partial charge < -0.3 is 10.1 Å². The van der Waals surface area contributed by atoms with Crippen LogP contribution in [-0.4, -0.2) is 6.61 Å². The van der Waals surface area contributed by atoms with Crippen molar-refractivity contribution in [3.8, 4) is 5.75 Å². The zero-order chi connectivity index (χ0) is 14.4. The Bertz CT molecular complexity index is 526. The van der Waals surface area contributed by atoms with Gasteiger partial charge in [0.05, 0.1) is 6.61 Å². The molecule has 20 heavy (non-hydrogen) atoms. The molecule has 0 saturated heterocycles. The van der Waals surface area contributed by atoms with Crippen LogP contribution in [0.1, 0.15) is 30.0 Å². The molecule has 0 radical (unpaired) electrons. The van der Waals surface area contributed by atoms with E-state index in [1.165, 1.54) is 16.7 Å². The van der Waals surface area contributed by atoms with E-state index in [2.05, 4.69) is 56.4 Å². The normalized spacial score (nSPS) is 10.3. The van der Waals surface area contributed by atoms with E-state index in [1.54, 1.807) is 0 Å². The molecular weight excluding hydrogens is 246 g/mol. The van der Waals surface area contributed by atoms with Crippen molar-refractivity contribution in [1.82, 2.24) is 0 Å². The quantitative estimate of drug-likeness (QED) is 0.820. The van der Waals surface area contributed by atoms with Gasteiger partial charge in [0.15, 0.2) is 0 Å². The van der Waals surface area contributed by atoms with Crippen molar-refractivity contribution < 1.29 is 4.74 Å². The second-order valence-corrected chi connectivity index (χ2v) is 5.10. The van der Waals surface area contributed by atoms with Crippen LogP contribution in [0.5, 0.6) is 5.75 Å². The molecule has 0 unspecified atom stereocenters. The molecule has 2 rings (SSSR count). The Hall–Kier alpha value is -1.96. The van der Waals surface area contributed by atoms with E-state index < -0.39 is 0 Å². The van der Waals surface area contributed by atoms with E-state index in [0.29, 0.717) is 0 Å². The number of benzene rings is 2. The molecule has 1 N–H and O–H groups in total. The zero-order valence-electron chi connectivity index (χ0n) is 12.6. The van der Waals surface area contributed by atoms with Crippen molar-refractivity contribution in [1.29, 1.82) is 0 Å². The van der Waals surface area contributed by atoms with Gasteiger partial charge in [0.25, 0.3) is 0 Å². The van der Waals surface area contributed by atoms with Crippen LogP contribution in [0.2, 0.25) is 0 Å². The molecule has 0 aliphatic carbocycles. The highest BCUT2D eigenvalue weighted by molar-refractivity contribution is 5.48. The molecule has 2 aromatic rings. The average Bonchev–Trinajstić information content (AvgIpc) is 2.46. The van der Waals surface area contributed by atoms with Gasteiger partial charge in [-0.2, -0.15) is 0 Å². The lowest BCUT2D eigenvalue weighted by atomic mass is 10.0. The van der Waals surface area contributed by atoms with E-state index in [9.17, 15) is 0 Å². The van der Waals surface area contributed by atoms with Crippen LogP contribution in [-0.2, 0) is 6.54 Å². The number of ether oxygens (including phenoxy) is 1. The molecule has 0 bridgehead atoms. The number of nitrogens with one attached hydrogen (secondary N) is 1. The molecule has 0 aromatic heterocycles. The maximum Gasteiger partial charge on any atom is 0.119 e. The van der Waals surface area contributed by atoms with Crippen molar-refractivity contribution in [2.45, 2.75) is 33.7 Å². The summed E-state index contributed by atoms with van der Waals surface area (Å²) in [6.07, 6.45) is 1.03. The van der Waals surface area contributed by atoms with Gasteiger partial charge in [0, 0.05) is 12.2 Å². The first-order valence-corrected chi connectivity index (χ1v) is 7.22. The number of rotatable bonds is 6. The SMILES string of the molecule is CCCOc1ccc(NCc2c(C)cccc2C)cc1. The summed E-state index contributed by atoms with van der Waals surface area (Å²) in [6, 6.07) is 14.6. The molecular formula is C18H23NO. The maximum absolute atomic E-state index is 5.58. The van der Waals surface area contributed by atoms with E-state index in [0.717, 1.165) is 31.0 Å². The molecule has 0 aliphatic heterocycles. The number of aryl methyl sites for hydroxylation is 2. The third kappa shape index (κ3) is 3.77. The summed E-state index contributed by atoms with van der Waals surface area (Å²) in [4.78, 5) is 0. The van der Waals surface area contributed by atoms with Crippen molar-refractivity contribution in [2.24, 2.45) is 0 Å². The summed E-state index contributed by atoms with van der Waals surface area (Å²) in [5.74, 6) is 0.935. The standard InChI is InChI=1S/C18H23NO/c1-4-12-20-17-10-8-16(9-11-17)19-13-18-14(2)6-5-7-15(18)3/h5-11,19H,4,12-13H2,1-3H3. The Labute approximate surface area is 121 Å². The lowest BCUT2D eigenvalue weighted by molar-refractivity contribution is 0.317. The molecule has 2 heteroatoms. The molecule has 0 heterocycles. The minimum atomic E-state index is 0.773. The monoisotopic (exact) mass is 269 g/mol. The summed E-state index contributed by atoms with van der Waals surface area (Å²) >= 11 is 0. The zero-order valence-corrected chi connectivity index (χ0v) is 12.6. The van der Waals surface area contributed by atoms with Gasteiger partial charge in [0.2, 0.25) is 0 Å². The van der Waals surface area contributed by atoms with Crippen LogP contribution in [0.4, 0.5) is 5.69 Å². The second kappa shape index (κ2) is 6.99. The number of hydrogen-bond donors (Lipinski definition) is 1. The minimum Gasteiger partial charge on any atom is -0.494 e. The van der Waals surface area contributed by atoms with Gasteiger partial charge in [-0.1, -0.05) is 25.1 Å². The van der Waals surface area contributed by atoms with Gasteiger partial charge in [-0.05, 0) is 61.2 Å². The molecule has 2 aromatic carbocycles. The Morgan fingerprint density at radius 3 is 2.20 bits per heavy atom. The molecule has 2 nitrogen and oxygen atoms in total. The van der Waals surface area contributed by atoms with Gasteiger partial charge in [0.1, 0.15) is 5.75 Å². The Balaban J connectivity index is 1.97. The van der Waals surface area contributed by atoms with Gasteiger partial charge >= 0.3 is 0 Å². The Kier molecular flexibility index (Phi) is 5.05. The van der Waals surface area contributed by atoms with Crippen molar-refractivity contribution in [2.75, 3.05) is 11.9 Å². The van der Waals surface area contributed by atoms with Crippen LogP contribution >= 0.6 is 0 Å². The predicted octanol–water partition coefficient (Wildman–Crippen LogP) is 4.70. The summed E-state index contributed by atoms with van der Waals surface area (Å²) in [5.41, 5.74) is 5.16. The van der Waals surface area contributed by atoms with Crippen LogP contribution in [0.3, 0.4) is 0 Å². The molecule has 0 amide bonds. The number of hydrogen-bond acceptors (Lipinski definition) is 2. The van der Waals surface area contributed by atoms with Crippen molar-refractivity contribution >= 4 is 5.69 Å². The molecule has 0 fully saturated rings. The van der Waals surface area contributed by atoms with E-state index >= 15 is 0 Å². The van der Waals surface area contributed by atoms with E-state index in [1.807, 2.05) is 12.1 Å². The summed E-state index contributed by atoms with van der Waals surface area (Å²) in [7, 11) is 0. The first-order valence-electron chi connectivity index (χ1n) is 7.22. The fourth-order valence-electron chi connectivity index (χ4n) is 2.21. The van der Waals surface area contributed by atoms with Gasteiger partial charge in [-0.15, -0.1) is 0 Å². The third-order valence-electron chi connectivity index (χ3n) is 3.44. The molecule has 106 valence electrons. The first-order chi connectivity index (χ1) is 9.70. The predicted molar refractivity (Wildman–Crippen MR) is 85.5 cm³/mol. The smallest absolute Gasteiger partial charge is 0.119 e. The molecule has 0 spiro atoms. The van der Waals surface area contributed by atoms with Crippen LogP contribution in [0.25, 0.3) is 0 Å². The molecule has 0 atom stereocenters. The summed E-state index contributed by atoms with van der Waals surface area (Å²) in [5, 5.41) is 3.47. The number of anilines is 1. The third-order valence-corrected chi connectivity index (χ3v) is 3.44. The van der Waals surface area contributed by atoms with Crippen molar-refractivity contribution in [3.63, 3.8) is 0 Å². The lowest BCUT2D eigenvalue weighted by Gasteiger charge is -2.12. The molecule has 0 saturated carbocycles. The van der Waals surface area contributed by atoms with Gasteiger partial charge in [-0.3, -0.25) is 0 Å². The van der Waals surface area contributed by atoms with E-state index in [4.69, 9.17) is 4.74 Å². The second-order valence-electron chi connectivity index (χ2n) is 5.10. The largest absolute Gasteiger partial charge is 0.494 e. The van der Waals surface area contributed by atoms with Crippen LogP contribution < -0.4 is 10.1 Å². The Morgan fingerprint density at radius 2 is 1.60 bits per heavy atom. The maximum atomic E-state index is 5.58. The fraction of sp³-hybridized carbons (Fsp3) is 0.333.